The first-order chi connectivity index (χ1) is 8.31. The molecule has 1 aromatic rings. The largest absolute Gasteiger partial charge is 0.390 e. The van der Waals surface area contributed by atoms with Gasteiger partial charge in [0.25, 0.3) is 0 Å². The van der Waals surface area contributed by atoms with Crippen LogP contribution < -0.4 is 5.73 Å². The van der Waals surface area contributed by atoms with Crippen LogP contribution in [0.15, 0.2) is 24.5 Å². The third kappa shape index (κ3) is 4.62. The van der Waals surface area contributed by atoms with Crippen LogP contribution in [0.3, 0.4) is 0 Å². The molecule has 0 saturated heterocycles. The smallest absolute Gasteiger partial charge is 0.326 e. The Balaban J connectivity index is 2.74. The number of aromatic nitrogens is 1. The topological polar surface area (TPSA) is 42.1 Å². The molecule has 1 aromatic heterocycles. The minimum Gasteiger partial charge on any atom is -0.326 e. The zero-order valence-electron chi connectivity index (χ0n) is 10.5. The van der Waals surface area contributed by atoms with Gasteiger partial charge in [0.1, 0.15) is 0 Å². The van der Waals surface area contributed by atoms with Crippen molar-refractivity contribution in [1.29, 1.82) is 0 Å². The van der Waals surface area contributed by atoms with E-state index in [1.807, 2.05) is 6.07 Å². The summed E-state index contributed by atoms with van der Waals surface area (Å²) >= 11 is 0. The van der Waals surface area contributed by atoms with Crippen LogP contribution in [0.1, 0.15) is 24.9 Å². The highest BCUT2D eigenvalue weighted by Gasteiger charge is 2.29. The lowest BCUT2D eigenvalue weighted by Crippen LogP contribution is -2.38. The van der Waals surface area contributed by atoms with Crippen molar-refractivity contribution in [3.63, 3.8) is 0 Å². The first kappa shape index (κ1) is 14.9. The molecule has 1 heterocycles. The molecule has 0 amide bonds. The maximum atomic E-state index is 12.2. The van der Waals surface area contributed by atoms with E-state index in [-0.39, 0.29) is 18.6 Å². The number of alkyl halides is 3. The van der Waals surface area contributed by atoms with Crippen LogP contribution in [0.25, 0.3) is 0 Å². The van der Waals surface area contributed by atoms with E-state index in [4.69, 9.17) is 5.73 Å². The van der Waals surface area contributed by atoms with Crippen molar-refractivity contribution in [2.45, 2.75) is 31.6 Å². The molecule has 0 saturated carbocycles. The second kappa shape index (κ2) is 6.15. The number of pyridine rings is 1. The SMILES string of the molecule is CC(N)C(c1cccnc1)N(C)CCC(F)(F)F. The maximum absolute atomic E-state index is 12.2. The van der Waals surface area contributed by atoms with Crippen molar-refractivity contribution in [2.75, 3.05) is 13.6 Å². The first-order valence-corrected chi connectivity index (χ1v) is 5.74. The molecule has 2 atom stereocenters. The minimum atomic E-state index is -4.15. The van der Waals surface area contributed by atoms with Gasteiger partial charge in [-0.2, -0.15) is 13.2 Å². The summed E-state index contributed by atoms with van der Waals surface area (Å²) < 4.78 is 36.6. The summed E-state index contributed by atoms with van der Waals surface area (Å²) in [5.41, 5.74) is 6.69. The average molecular weight is 261 g/mol. The summed E-state index contributed by atoms with van der Waals surface area (Å²) in [6.07, 6.45) is -1.73. The highest BCUT2D eigenvalue weighted by atomic mass is 19.4. The van der Waals surface area contributed by atoms with E-state index in [1.54, 1.807) is 37.3 Å². The molecule has 6 heteroatoms. The van der Waals surface area contributed by atoms with E-state index in [1.165, 1.54) is 0 Å². The van der Waals surface area contributed by atoms with Gasteiger partial charge < -0.3 is 5.73 Å². The van der Waals surface area contributed by atoms with E-state index < -0.39 is 12.6 Å². The highest BCUT2D eigenvalue weighted by molar-refractivity contribution is 5.15. The molecule has 2 unspecified atom stereocenters. The summed E-state index contributed by atoms with van der Waals surface area (Å²) in [4.78, 5) is 5.60. The number of hydrogen-bond acceptors (Lipinski definition) is 3. The third-order valence-corrected chi connectivity index (χ3v) is 2.75. The Morgan fingerprint density at radius 1 is 1.44 bits per heavy atom. The van der Waals surface area contributed by atoms with Gasteiger partial charge in [-0.15, -0.1) is 0 Å². The van der Waals surface area contributed by atoms with Crippen molar-refractivity contribution >= 4 is 0 Å². The van der Waals surface area contributed by atoms with Crippen LogP contribution in [-0.4, -0.2) is 35.7 Å². The van der Waals surface area contributed by atoms with Crippen LogP contribution in [-0.2, 0) is 0 Å². The van der Waals surface area contributed by atoms with E-state index in [0.29, 0.717) is 0 Å². The van der Waals surface area contributed by atoms with Gasteiger partial charge in [-0.25, -0.2) is 0 Å². The van der Waals surface area contributed by atoms with E-state index in [9.17, 15) is 13.2 Å². The number of likely N-dealkylation sites (N-methyl/N-ethyl adjacent to an activating group) is 1. The maximum Gasteiger partial charge on any atom is 0.390 e. The summed E-state index contributed by atoms with van der Waals surface area (Å²) in [6, 6.07) is 3.04. The molecule has 0 aliphatic heterocycles. The van der Waals surface area contributed by atoms with Gasteiger partial charge in [0.2, 0.25) is 0 Å². The highest BCUT2D eigenvalue weighted by Crippen LogP contribution is 2.25. The summed E-state index contributed by atoms with van der Waals surface area (Å²) in [7, 11) is 1.65. The summed E-state index contributed by atoms with van der Waals surface area (Å²) in [6.45, 7) is 1.70. The van der Waals surface area contributed by atoms with Crippen molar-refractivity contribution in [3.8, 4) is 0 Å². The fraction of sp³-hybridized carbons (Fsp3) is 0.583. The minimum absolute atomic E-state index is 0.0788. The monoisotopic (exact) mass is 261 g/mol. The van der Waals surface area contributed by atoms with E-state index in [2.05, 4.69) is 4.98 Å². The van der Waals surface area contributed by atoms with Gasteiger partial charge in [-0.05, 0) is 25.6 Å². The van der Waals surface area contributed by atoms with Crippen molar-refractivity contribution in [3.05, 3.63) is 30.1 Å². The standard InChI is InChI=1S/C12H18F3N3/c1-9(16)11(10-4-3-6-17-8-10)18(2)7-5-12(13,14)15/h3-4,6,8-9,11H,5,7,16H2,1-2H3. The second-order valence-corrected chi connectivity index (χ2v) is 4.44. The molecular weight excluding hydrogens is 243 g/mol. The van der Waals surface area contributed by atoms with Crippen LogP contribution in [0, 0.1) is 0 Å². The zero-order valence-corrected chi connectivity index (χ0v) is 10.5. The lowest BCUT2D eigenvalue weighted by Gasteiger charge is -2.31. The molecule has 102 valence electrons. The lowest BCUT2D eigenvalue weighted by molar-refractivity contribution is -0.138. The zero-order chi connectivity index (χ0) is 13.8. The molecule has 0 spiro atoms. The number of nitrogens with two attached hydrogens (primary N) is 1. The molecular formula is C12H18F3N3. The predicted molar refractivity (Wildman–Crippen MR) is 63.9 cm³/mol. The Morgan fingerprint density at radius 2 is 2.11 bits per heavy atom. The summed E-state index contributed by atoms with van der Waals surface area (Å²) in [5.74, 6) is 0. The molecule has 0 aliphatic carbocycles. The van der Waals surface area contributed by atoms with Gasteiger partial charge in [0.05, 0.1) is 12.5 Å². The van der Waals surface area contributed by atoms with E-state index in [0.717, 1.165) is 5.56 Å². The second-order valence-electron chi connectivity index (χ2n) is 4.44. The van der Waals surface area contributed by atoms with Crippen LogP contribution in [0.5, 0.6) is 0 Å². The average Bonchev–Trinajstić information content (AvgIpc) is 2.26. The molecule has 18 heavy (non-hydrogen) atoms. The fourth-order valence-corrected chi connectivity index (χ4v) is 1.95. The van der Waals surface area contributed by atoms with Gasteiger partial charge in [-0.3, -0.25) is 9.88 Å². The van der Waals surface area contributed by atoms with Crippen LogP contribution in [0.4, 0.5) is 13.2 Å². The number of hydrogen-bond donors (Lipinski definition) is 1. The number of halogens is 3. The molecule has 0 radical (unpaired) electrons. The van der Waals surface area contributed by atoms with E-state index >= 15 is 0 Å². The normalized spacial score (nSPS) is 15.7. The van der Waals surface area contributed by atoms with Crippen molar-refractivity contribution in [2.24, 2.45) is 5.73 Å². The Labute approximate surface area is 105 Å². The fourth-order valence-electron chi connectivity index (χ4n) is 1.95. The number of nitrogens with zero attached hydrogens (tertiary/aromatic N) is 2. The first-order valence-electron chi connectivity index (χ1n) is 5.74. The molecule has 3 nitrogen and oxygen atoms in total. The number of rotatable bonds is 5. The third-order valence-electron chi connectivity index (χ3n) is 2.75. The lowest BCUT2D eigenvalue weighted by atomic mass is 10.0. The van der Waals surface area contributed by atoms with Crippen molar-refractivity contribution < 1.29 is 13.2 Å². The van der Waals surface area contributed by atoms with Gasteiger partial charge >= 0.3 is 6.18 Å². The van der Waals surface area contributed by atoms with Crippen LogP contribution >= 0.6 is 0 Å². The van der Waals surface area contributed by atoms with Crippen LogP contribution in [0.2, 0.25) is 0 Å². The molecule has 2 N–H and O–H groups in total. The Bertz CT molecular complexity index is 351. The van der Waals surface area contributed by atoms with Gasteiger partial charge in [0.15, 0.2) is 0 Å². The Morgan fingerprint density at radius 3 is 2.56 bits per heavy atom. The molecule has 0 aromatic carbocycles. The molecule has 1 rings (SSSR count). The Hall–Kier alpha value is -1.14. The van der Waals surface area contributed by atoms with Gasteiger partial charge in [0, 0.05) is 25.0 Å². The van der Waals surface area contributed by atoms with Crippen molar-refractivity contribution in [1.82, 2.24) is 9.88 Å². The molecule has 0 aliphatic rings. The quantitative estimate of drug-likeness (QED) is 0.884. The van der Waals surface area contributed by atoms with Gasteiger partial charge in [-0.1, -0.05) is 6.07 Å². The summed E-state index contributed by atoms with van der Waals surface area (Å²) in [5, 5.41) is 0. The Kier molecular flexibility index (Phi) is 5.10. The predicted octanol–water partition coefficient (Wildman–Crippen LogP) is 2.35. The molecule has 0 fully saturated rings. The molecule has 0 bridgehead atoms.